The first-order chi connectivity index (χ1) is 10.3. The van der Waals surface area contributed by atoms with Gasteiger partial charge in [0.1, 0.15) is 0 Å². The predicted octanol–water partition coefficient (Wildman–Crippen LogP) is 4.88. The summed E-state index contributed by atoms with van der Waals surface area (Å²) in [7, 11) is 0. The zero-order valence-electron chi connectivity index (χ0n) is 11.2. The van der Waals surface area contributed by atoms with Gasteiger partial charge >= 0.3 is 0 Å². The SMILES string of the molecule is Nn1c2ccccc2c2c3c(ccc21)sc1ccccc13. The highest BCUT2D eigenvalue weighted by Gasteiger charge is 2.14. The van der Waals surface area contributed by atoms with Crippen molar-refractivity contribution in [2.75, 3.05) is 5.84 Å². The van der Waals surface area contributed by atoms with E-state index in [0.29, 0.717) is 0 Å². The highest BCUT2D eigenvalue weighted by molar-refractivity contribution is 7.26. The molecule has 100 valence electrons. The monoisotopic (exact) mass is 288 g/mol. The van der Waals surface area contributed by atoms with E-state index in [1.54, 1.807) is 4.68 Å². The van der Waals surface area contributed by atoms with Crippen molar-refractivity contribution in [1.82, 2.24) is 4.68 Å². The van der Waals surface area contributed by atoms with Crippen LogP contribution < -0.4 is 5.84 Å². The number of nitrogens with two attached hydrogens (primary N) is 1. The van der Waals surface area contributed by atoms with Crippen molar-refractivity contribution in [2.45, 2.75) is 0 Å². The molecular weight excluding hydrogens is 276 g/mol. The fourth-order valence-corrected chi connectivity index (χ4v) is 4.42. The van der Waals surface area contributed by atoms with Crippen molar-refractivity contribution in [3.63, 3.8) is 0 Å². The molecule has 3 aromatic carbocycles. The molecule has 0 aliphatic carbocycles. The summed E-state index contributed by atoms with van der Waals surface area (Å²) in [5, 5.41) is 5.14. The zero-order valence-corrected chi connectivity index (χ0v) is 12.0. The molecule has 2 N–H and O–H groups in total. The summed E-state index contributed by atoms with van der Waals surface area (Å²) < 4.78 is 4.45. The fraction of sp³-hybridized carbons (Fsp3) is 0. The van der Waals surface area contributed by atoms with E-state index in [0.717, 1.165) is 11.0 Å². The van der Waals surface area contributed by atoms with Gasteiger partial charge in [0, 0.05) is 30.9 Å². The van der Waals surface area contributed by atoms with Crippen LogP contribution in [-0.4, -0.2) is 4.68 Å². The average molecular weight is 288 g/mol. The van der Waals surface area contributed by atoms with Crippen molar-refractivity contribution in [3.8, 4) is 0 Å². The van der Waals surface area contributed by atoms with Crippen LogP contribution in [0.2, 0.25) is 0 Å². The van der Waals surface area contributed by atoms with Gasteiger partial charge in [-0.05, 0) is 24.3 Å². The van der Waals surface area contributed by atoms with Gasteiger partial charge in [-0.3, -0.25) is 4.68 Å². The standard InChI is InChI=1S/C18H12N2S/c19-20-13-7-3-1-5-11(13)17-14(20)9-10-16-18(17)12-6-2-4-8-15(12)21-16/h1-10H,19H2. The summed E-state index contributed by atoms with van der Waals surface area (Å²) in [4.78, 5) is 0. The van der Waals surface area contributed by atoms with Crippen LogP contribution in [0.5, 0.6) is 0 Å². The number of nitrogen functional groups attached to an aromatic ring is 1. The molecule has 0 aliphatic rings. The van der Waals surface area contributed by atoms with Gasteiger partial charge in [-0.1, -0.05) is 36.4 Å². The Morgan fingerprint density at radius 2 is 1.43 bits per heavy atom. The largest absolute Gasteiger partial charge is 0.339 e. The minimum absolute atomic E-state index is 1.08. The highest BCUT2D eigenvalue weighted by Crippen LogP contribution is 2.41. The Kier molecular flexibility index (Phi) is 2.01. The second-order valence-corrected chi connectivity index (χ2v) is 6.40. The van der Waals surface area contributed by atoms with Crippen LogP contribution in [-0.2, 0) is 0 Å². The van der Waals surface area contributed by atoms with Crippen LogP contribution in [0.1, 0.15) is 0 Å². The van der Waals surface area contributed by atoms with Crippen LogP contribution in [0, 0.1) is 0 Å². The number of hydrogen-bond acceptors (Lipinski definition) is 2. The minimum Gasteiger partial charge on any atom is -0.339 e. The van der Waals surface area contributed by atoms with Gasteiger partial charge in [-0.25, -0.2) is 0 Å². The van der Waals surface area contributed by atoms with E-state index in [9.17, 15) is 0 Å². The van der Waals surface area contributed by atoms with E-state index in [-0.39, 0.29) is 0 Å². The molecule has 2 aromatic heterocycles. The third-order valence-electron chi connectivity index (χ3n) is 4.21. The Morgan fingerprint density at radius 3 is 2.33 bits per heavy atom. The van der Waals surface area contributed by atoms with Gasteiger partial charge in [0.25, 0.3) is 0 Å². The minimum atomic E-state index is 1.08. The van der Waals surface area contributed by atoms with Crippen LogP contribution >= 0.6 is 11.3 Å². The summed E-state index contributed by atoms with van der Waals surface area (Å²) in [6.45, 7) is 0. The van der Waals surface area contributed by atoms with Crippen LogP contribution in [0.3, 0.4) is 0 Å². The normalized spacial score (nSPS) is 12.0. The van der Waals surface area contributed by atoms with Gasteiger partial charge in [-0.15, -0.1) is 11.3 Å². The van der Waals surface area contributed by atoms with Crippen molar-refractivity contribution in [3.05, 3.63) is 60.7 Å². The molecule has 2 heterocycles. The molecule has 0 saturated heterocycles. The van der Waals surface area contributed by atoms with E-state index >= 15 is 0 Å². The number of thiophene rings is 1. The van der Waals surface area contributed by atoms with Crippen molar-refractivity contribution >= 4 is 53.3 Å². The number of aromatic nitrogens is 1. The first kappa shape index (κ1) is 11.2. The maximum Gasteiger partial charge on any atom is 0.0710 e. The molecule has 0 radical (unpaired) electrons. The predicted molar refractivity (Wildman–Crippen MR) is 92.5 cm³/mol. The van der Waals surface area contributed by atoms with Gasteiger partial charge in [-0.2, -0.15) is 0 Å². The van der Waals surface area contributed by atoms with Crippen LogP contribution in [0.25, 0.3) is 42.0 Å². The average Bonchev–Trinajstić information content (AvgIpc) is 3.04. The molecule has 21 heavy (non-hydrogen) atoms. The molecule has 3 heteroatoms. The molecule has 0 amide bonds. The van der Waals surface area contributed by atoms with Crippen LogP contribution in [0.4, 0.5) is 0 Å². The topological polar surface area (TPSA) is 30.9 Å². The first-order valence-electron chi connectivity index (χ1n) is 6.93. The number of nitrogens with zero attached hydrogens (tertiary/aromatic N) is 1. The number of benzene rings is 3. The molecule has 0 aliphatic heterocycles. The summed E-state index contributed by atoms with van der Waals surface area (Å²) in [5.41, 5.74) is 2.17. The second-order valence-electron chi connectivity index (χ2n) is 5.32. The summed E-state index contributed by atoms with van der Waals surface area (Å²) in [6, 6.07) is 21.3. The molecule has 0 bridgehead atoms. The van der Waals surface area contributed by atoms with E-state index in [2.05, 4.69) is 54.6 Å². The van der Waals surface area contributed by atoms with Crippen molar-refractivity contribution in [1.29, 1.82) is 0 Å². The molecule has 5 rings (SSSR count). The molecule has 0 spiro atoms. The van der Waals surface area contributed by atoms with Gasteiger partial charge in [0.05, 0.1) is 11.0 Å². The third kappa shape index (κ3) is 1.31. The number of rotatable bonds is 0. The number of hydrogen-bond donors (Lipinski definition) is 1. The molecule has 2 nitrogen and oxygen atoms in total. The lowest BCUT2D eigenvalue weighted by Crippen LogP contribution is -2.06. The number of para-hydroxylation sites is 1. The highest BCUT2D eigenvalue weighted by atomic mass is 32.1. The van der Waals surface area contributed by atoms with E-state index in [1.165, 1.54) is 30.9 Å². The zero-order chi connectivity index (χ0) is 14.0. The Hall–Kier alpha value is -2.52. The lowest BCUT2D eigenvalue weighted by molar-refractivity contribution is 1.12. The van der Waals surface area contributed by atoms with Crippen LogP contribution in [0.15, 0.2) is 60.7 Å². The van der Waals surface area contributed by atoms with Crippen molar-refractivity contribution in [2.24, 2.45) is 0 Å². The Labute approximate surface area is 125 Å². The molecule has 0 atom stereocenters. The fourth-order valence-electron chi connectivity index (χ4n) is 3.30. The summed E-state index contributed by atoms with van der Waals surface area (Å²) in [5.74, 6) is 6.30. The second kappa shape index (κ2) is 3.77. The first-order valence-corrected chi connectivity index (χ1v) is 7.75. The van der Waals surface area contributed by atoms with Crippen molar-refractivity contribution < 1.29 is 0 Å². The summed E-state index contributed by atoms with van der Waals surface area (Å²) >= 11 is 1.84. The van der Waals surface area contributed by atoms with E-state index < -0.39 is 0 Å². The Balaban J connectivity index is 2.20. The molecule has 0 fully saturated rings. The lowest BCUT2D eigenvalue weighted by Gasteiger charge is -1.98. The smallest absolute Gasteiger partial charge is 0.0710 e. The van der Waals surface area contributed by atoms with E-state index in [1.807, 2.05) is 17.4 Å². The van der Waals surface area contributed by atoms with E-state index in [4.69, 9.17) is 5.84 Å². The molecule has 5 aromatic rings. The Morgan fingerprint density at radius 1 is 0.667 bits per heavy atom. The summed E-state index contributed by atoms with van der Waals surface area (Å²) in [6.07, 6.45) is 0. The van der Waals surface area contributed by atoms with Gasteiger partial charge in [0.2, 0.25) is 0 Å². The molecule has 0 unspecified atom stereocenters. The quantitative estimate of drug-likeness (QED) is 0.405. The van der Waals surface area contributed by atoms with Gasteiger partial charge < -0.3 is 5.84 Å². The van der Waals surface area contributed by atoms with Gasteiger partial charge in [0.15, 0.2) is 0 Å². The lowest BCUT2D eigenvalue weighted by atomic mass is 10.1. The maximum atomic E-state index is 6.30. The third-order valence-corrected chi connectivity index (χ3v) is 5.35. The maximum absolute atomic E-state index is 6.30. The number of fused-ring (bicyclic) bond motifs is 7. The molecule has 0 saturated carbocycles. The Bertz CT molecular complexity index is 1150. The molecular formula is C18H12N2S.